The summed E-state index contributed by atoms with van der Waals surface area (Å²) in [5, 5.41) is 6.40. The summed E-state index contributed by atoms with van der Waals surface area (Å²) in [6.45, 7) is 4.81. The Morgan fingerprint density at radius 3 is 2.67 bits per heavy atom. The molecule has 0 atom stereocenters. The lowest BCUT2D eigenvalue weighted by molar-refractivity contribution is -0.116. The van der Waals surface area contributed by atoms with Gasteiger partial charge in [-0.1, -0.05) is 13.8 Å². The van der Waals surface area contributed by atoms with E-state index in [-0.39, 0.29) is 12.5 Å². The molecule has 1 heterocycles. The van der Waals surface area contributed by atoms with E-state index >= 15 is 0 Å². The average molecular weight is 212 g/mol. The fourth-order valence-electron chi connectivity index (χ4n) is 1.25. The van der Waals surface area contributed by atoms with Gasteiger partial charge in [-0.3, -0.25) is 4.79 Å². The van der Waals surface area contributed by atoms with E-state index in [0.29, 0.717) is 18.4 Å². The summed E-state index contributed by atoms with van der Waals surface area (Å²) in [4.78, 5) is 16.5. The number of nitrogens with one attached hydrogen (secondary N) is 1. The van der Waals surface area contributed by atoms with Gasteiger partial charge in [0.2, 0.25) is 17.8 Å². The van der Waals surface area contributed by atoms with Gasteiger partial charge in [-0.2, -0.15) is 4.98 Å². The van der Waals surface area contributed by atoms with Gasteiger partial charge in [0, 0.05) is 6.54 Å². The number of rotatable bonds is 5. The van der Waals surface area contributed by atoms with Crippen molar-refractivity contribution >= 4 is 17.8 Å². The van der Waals surface area contributed by atoms with E-state index in [1.165, 1.54) is 0 Å². The molecule has 0 saturated heterocycles. The molecule has 5 N–H and O–H groups in total. The number of hydrogen-bond acceptors (Lipinski definition) is 5. The molecule has 0 unspecified atom stereocenters. The minimum Gasteiger partial charge on any atom is -0.368 e. The summed E-state index contributed by atoms with van der Waals surface area (Å²) in [6, 6.07) is 0. The van der Waals surface area contributed by atoms with E-state index in [4.69, 9.17) is 11.5 Å². The number of hydrogen-bond donors (Lipinski definition) is 3. The average Bonchev–Trinajstić information content (AvgIpc) is 2.48. The monoisotopic (exact) mass is 212 g/mol. The van der Waals surface area contributed by atoms with Gasteiger partial charge < -0.3 is 16.4 Å². The Bertz CT molecular complexity index is 334. The van der Waals surface area contributed by atoms with Crippen molar-refractivity contribution in [3.8, 4) is 0 Å². The van der Waals surface area contributed by atoms with Crippen LogP contribution < -0.4 is 16.4 Å². The van der Waals surface area contributed by atoms with Crippen LogP contribution in [0, 0.1) is 5.92 Å². The SMILES string of the molecule is CC(C)CN(CC(N)=O)c1n[nH]c(N)n1. The van der Waals surface area contributed by atoms with Crippen LogP contribution >= 0.6 is 0 Å². The summed E-state index contributed by atoms with van der Waals surface area (Å²) < 4.78 is 0. The first-order chi connectivity index (χ1) is 6.99. The van der Waals surface area contributed by atoms with Crippen molar-refractivity contribution in [2.75, 3.05) is 23.7 Å². The molecular formula is C8H16N6O. The lowest BCUT2D eigenvalue weighted by Crippen LogP contribution is -2.37. The Kier molecular flexibility index (Phi) is 3.48. The Morgan fingerprint density at radius 1 is 1.60 bits per heavy atom. The summed E-state index contributed by atoms with van der Waals surface area (Å²) in [5.74, 6) is 0.589. The largest absolute Gasteiger partial charge is 0.368 e. The maximum absolute atomic E-state index is 10.9. The van der Waals surface area contributed by atoms with Crippen LogP contribution in [0.15, 0.2) is 0 Å². The Labute approximate surface area is 87.8 Å². The molecule has 0 fully saturated rings. The van der Waals surface area contributed by atoms with Crippen molar-refractivity contribution < 1.29 is 4.79 Å². The zero-order valence-corrected chi connectivity index (χ0v) is 8.90. The van der Waals surface area contributed by atoms with Crippen LogP contribution in [0.3, 0.4) is 0 Å². The zero-order chi connectivity index (χ0) is 11.4. The standard InChI is InChI=1S/C8H16N6O/c1-5(2)3-14(4-6(9)15)8-11-7(10)12-13-8/h5H,3-4H2,1-2H3,(H2,9,15)(H3,10,11,12,13). The molecule has 0 spiro atoms. The number of nitrogen functional groups attached to an aromatic ring is 1. The number of H-pyrrole nitrogens is 1. The number of primary amides is 1. The first-order valence-electron chi connectivity index (χ1n) is 4.70. The second-order valence-corrected chi connectivity index (χ2v) is 3.76. The maximum atomic E-state index is 10.9. The van der Waals surface area contributed by atoms with Crippen LogP contribution in [0.5, 0.6) is 0 Å². The molecule has 0 saturated carbocycles. The van der Waals surface area contributed by atoms with Crippen LogP contribution in [0.1, 0.15) is 13.8 Å². The highest BCUT2D eigenvalue weighted by Crippen LogP contribution is 2.09. The fraction of sp³-hybridized carbons (Fsp3) is 0.625. The van der Waals surface area contributed by atoms with Crippen molar-refractivity contribution in [2.24, 2.45) is 11.7 Å². The van der Waals surface area contributed by atoms with Crippen molar-refractivity contribution in [3.05, 3.63) is 0 Å². The minimum atomic E-state index is -0.418. The molecule has 1 aromatic heterocycles. The van der Waals surface area contributed by atoms with Crippen LogP contribution in [0.2, 0.25) is 0 Å². The van der Waals surface area contributed by atoms with Gasteiger partial charge in [0.05, 0.1) is 6.54 Å². The normalized spacial score (nSPS) is 10.6. The Balaban J connectivity index is 2.75. The van der Waals surface area contributed by atoms with Crippen molar-refractivity contribution in [2.45, 2.75) is 13.8 Å². The van der Waals surface area contributed by atoms with E-state index in [2.05, 4.69) is 15.2 Å². The maximum Gasteiger partial charge on any atom is 0.246 e. The van der Waals surface area contributed by atoms with Gasteiger partial charge >= 0.3 is 0 Å². The third-order valence-electron chi connectivity index (χ3n) is 1.71. The number of nitrogens with two attached hydrogens (primary N) is 2. The highest BCUT2D eigenvalue weighted by Gasteiger charge is 2.15. The summed E-state index contributed by atoms with van der Waals surface area (Å²) in [5.41, 5.74) is 10.5. The molecule has 1 amide bonds. The van der Waals surface area contributed by atoms with E-state index in [9.17, 15) is 4.79 Å². The first kappa shape index (κ1) is 11.3. The number of amides is 1. The predicted octanol–water partition coefficient (Wildman–Crippen LogP) is -0.665. The lowest BCUT2D eigenvalue weighted by Gasteiger charge is -2.20. The van der Waals surface area contributed by atoms with E-state index in [0.717, 1.165) is 0 Å². The highest BCUT2D eigenvalue weighted by molar-refractivity contribution is 5.78. The smallest absolute Gasteiger partial charge is 0.246 e. The Hall–Kier alpha value is -1.79. The zero-order valence-electron chi connectivity index (χ0n) is 8.90. The molecule has 15 heavy (non-hydrogen) atoms. The van der Waals surface area contributed by atoms with Gasteiger partial charge in [0.25, 0.3) is 0 Å². The van der Waals surface area contributed by atoms with E-state index < -0.39 is 5.91 Å². The summed E-state index contributed by atoms with van der Waals surface area (Å²) in [7, 11) is 0. The third kappa shape index (κ3) is 3.45. The fourth-order valence-corrected chi connectivity index (χ4v) is 1.25. The molecule has 1 aromatic rings. The lowest BCUT2D eigenvalue weighted by atomic mass is 10.2. The molecule has 7 heteroatoms. The molecule has 0 bridgehead atoms. The minimum absolute atomic E-state index is 0.0927. The molecule has 0 aliphatic carbocycles. The summed E-state index contributed by atoms with van der Waals surface area (Å²) >= 11 is 0. The Morgan fingerprint density at radius 2 is 2.27 bits per heavy atom. The second-order valence-electron chi connectivity index (χ2n) is 3.76. The van der Waals surface area contributed by atoms with Gasteiger partial charge in [-0.05, 0) is 5.92 Å². The molecule has 84 valence electrons. The van der Waals surface area contributed by atoms with Crippen molar-refractivity contribution in [3.63, 3.8) is 0 Å². The highest BCUT2D eigenvalue weighted by atomic mass is 16.1. The number of carbonyl (C=O) groups is 1. The number of aromatic amines is 1. The third-order valence-corrected chi connectivity index (χ3v) is 1.71. The molecular weight excluding hydrogens is 196 g/mol. The van der Waals surface area contributed by atoms with E-state index in [1.54, 1.807) is 4.90 Å². The van der Waals surface area contributed by atoms with Gasteiger partial charge in [-0.15, -0.1) is 5.10 Å². The first-order valence-corrected chi connectivity index (χ1v) is 4.70. The number of anilines is 2. The number of carbonyl (C=O) groups excluding carboxylic acids is 1. The summed E-state index contributed by atoms with van der Waals surface area (Å²) in [6.07, 6.45) is 0. The van der Waals surface area contributed by atoms with Crippen LogP contribution in [-0.2, 0) is 4.79 Å². The number of aromatic nitrogens is 3. The van der Waals surface area contributed by atoms with Crippen molar-refractivity contribution in [1.29, 1.82) is 0 Å². The van der Waals surface area contributed by atoms with Crippen LogP contribution in [-0.4, -0.2) is 34.2 Å². The molecule has 0 radical (unpaired) electrons. The second kappa shape index (κ2) is 4.63. The van der Waals surface area contributed by atoms with E-state index in [1.807, 2.05) is 13.8 Å². The van der Waals surface area contributed by atoms with Gasteiger partial charge in [0.15, 0.2) is 0 Å². The molecule has 1 rings (SSSR count). The number of nitrogens with zero attached hydrogens (tertiary/aromatic N) is 3. The van der Waals surface area contributed by atoms with Crippen LogP contribution in [0.25, 0.3) is 0 Å². The van der Waals surface area contributed by atoms with Crippen LogP contribution in [0.4, 0.5) is 11.9 Å². The molecule has 0 aliphatic heterocycles. The molecule has 7 nitrogen and oxygen atoms in total. The molecule has 0 aliphatic rings. The van der Waals surface area contributed by atoms with Gasteiger partial charge in [0.1, 0.15) is 0 Å². The van der Waals surface area contributed by atoms with Crippen molar-refractivity contribution in [1.82, 2.24) is 15.2 Å². The van der Waals surface area contributed by atoms with Gasteiger partial charge in [-0.25, -0.2) is 5.10 Å². The predicted molar refractivity (Wildman–Crippen MR) is 57.0 cm³/mol. The topological polar surface area (TPSA) is 114 Å². The molecule has 0 aromatic carbocycles. The quantitative estimate of drug-likeness (QED) is 0.599.